The van der Waals surface area contributed by atoms with E-state index in [-0.39, 0.29) is 11.0 Å². The molecular formula is C11H18N4O3S. The maximum absolute atomic E-state index is 12.5. The molecule has 1 aromatic heterocycles. The van der Waals surface area contributed by atoms with E-state index in [0.717, 1.165) is 0 Å². The summed E-state index contributed by atoms with van der Waals surface area (Å²) in [6.45, 7) is 3.27. The third kappa shape index (κ3) is 3.20. The van der Waals surface area contributed by atoms with Gasteiger partial charge < -0.3 is 10.1 Å². The zero-order valence-corrected chi connectivity index (χ0v) is 11.9. The fourth-order valence-electron chi connectivity index (χ4n) is 1.90. The molecule has 1 aromatic rings. The van der Waals surface area contributed by atoms with Crippen molar-refractivity contribution in [1.29, 1.82) is 0 Å². The standard InChI is InChI=1S/C11H18N4O3S/c1-9-8-15(4-3-5-18-9)19(16,17)10-6-13-11(12-2)14-7-10/h6-7,9H,3-5,8H2,1-2H3,(H,12,13,14). The number of nitrogens with zero attached hydrogens (tertiary/aromatic N) is 3. The van der Waals surface area contributed by atoms with Crippen LogP contribution in [0.2, 0.25) is 0 Å². The van der Waals surface area contributed by atoms with Crippen molar-refractivity contribution < 1.29 is 13.2 Å². The number of hydrogen-bond acceptors (Lipinski definition) is 6. The summed E-state index contributed by atoms with van der Waals surface area (Å²) in [7, 11) is -1.86. The lowest BCUT2D eigenvalue weighted by atomic mass is 10.4. The van der Waals surface area contributed by atoms with E-state index in [2.05, 4.69) is 15.3 Å². The third-order valence-corrected chi connectivity index (χ3v) is 4.72. The number of hydrogen-bond donors (Lipinski definition) is 1. The number of ether oxygens (including phenoxy) is 1. The minimum Gasteiger partial charge on any atom is -0.377 e. The van der Waals surface area contributed by atoms with Crippen molar-refractivity contribution in [2.24, 2.45) is 0 Å². The largest absolute Gasteiger partial charge is 0.377 e. The van der Waals surface area contributed by atoms with Crippen LogP contribution in [0.5, 0.6) is 0 Å². The van der Waals surface area contributed by atoms with E-state index >= 15 is 0 Å². The highest BCUT2D eigenvalue weighted by Crippen LogP contribution is 2.17. The zero-order chi connectivity index (χ0) is 13.9. The van der Waals surface area contributed by atoms with Gasteiger partial charge >= 0.3 is 0 Å². The van der Waals surface area contributed by atoms with Crippen LogP contribution in [0.1, 0.15) is 13.3 Å². The van der Waals surface area contributed by atoms with Gasteiger partial charge in [-0.25, -0.2) is 18.4 Å². The summed E-state index contributed by atoms with van der Waals surface area (Å²) in [4.78, 5) is 7.99. The molecule has 1 unspecified atom stereocenters. The minimum absolute atomic E-state index is 0.102. The van der Waals surface area contributed by atoms with Crippen LogP contribution in [0, 0.1) is 0 Å². The number of sulfonamides is 1. The van der Waals surface area contributed by atoms with Crippen molar-refractivity contribution in [2.45, 2.75) is 24.3 Å². The Balaban J connectivity index is 2.24. The van der Waals surface area contributed by atoms with Crippen LogP contribution < -0.4 is 5.32 Å². The van der Waals surface area contributed by atoms with Crippen LogP contribution in [0.3, 0.4) is 0 Å². The Bertz CT molecular complexity index is 517. The van der Waals surface area contributed by atoms with Gasteiger partial charge in [-0.15, -0.1) is 0 Å². The Kier molecular flexibility index (Phi) is 4.33. The van der Waals surface area contributed by atoms with Crippen molar-refractivity contribution >= 4 is 16.0 Å². The molecule has 0 aliphatic carbocycles. The molecule has 1 fully saturated rings. The summed E-state index contributed by atoms with van der Waals surface area (Å²) in [5.74, 6) is 0.395. The molecule has 1 saturated heterocycles. The summed E-state index contributed by atoms with van der Waals surface area (Å²) >= 11 is 0. The molecule has 7 nitrogen and oxygen atoms in total. The first kappa shape index (κ1) is 14.2. The molecule has 0 radical (unpaired) electrons. The average molecular weight is 286 g/mol. The second kappa shape index (κ2) is 5.81. The Morgan fingerprint density at radius 3 is 2.74 bits per heavy atom. The highest BCUT2D eigenvalue weighted by atomic mass is 32.2. The first-order chi connectivity index (χ1) is 9.04. The van der Waals surface area contributed by atoms with Crippen molar-refractivity contribution in [1.82, 2.24) is 14.3 Å². The molecule has 0 bridgehead atoms. The summed E-state index contributed by atoms with van der Waals surface area (Å²) in [6, 6.07) is 0. The van der Waals surface area contributed by atoms with E-state index in [1.165, 1.54) is 16.7 Å². The maximum Gasteiger partial charge on any atom is 0.246 e. The van der Waals surface area contributed by atoms with Gasteiger partial charge in [-0.1, -0.05) is 0 Å². The molecule has 2 rings (SSSR count). The minimum atomic E-state index is -3.54. The van der Waals surface area contributed by atoms with Gasteiger partial charge in [-0.2, -0.15) is 4.31 Å². The average Bonchev–Trinajstić information content (AvgIpc) is 2.64. The molecule has 1 aliphatic heterocycles. The lowest BCUT2D eigenvalue weighted by molar-refractivity contribution is 0.0752. The van der Waals surface area contributed by atoms with Gasteiger partial charge in [0.2, 0.25) is 16.0 Å². The number of nitrogens with one attached hydrogen (secondary N) is 1. The van der Waals surface area contributed by atoms with Gasteiger partial charge in [-0.3, -0.25) is 0 Å². The molecular weight excluding hydrogens is 268 g/mol. The smallest absolute Gasteiger partial charge is 0.246 e. The Hall–Kier alpha value is -1.25. The Labute approximate surface area is 113 Å². The number of anilines is 1. The molecule has 0 amide bonds. The SMILES string of the molecule is CNc1ncc(S(=O)(=O)N2CCCOC(C)C2)cn1. The van der Waals surface area contributed by atoms with Gasteiger partial charge in [0.15, 0.2) is 0 Å². The van der Waals surface area contributed by atoms with Crippen molar-refractivity contribution in [3.63, 3.8) is 0 Å². The second-order valence-corrected chi connectivity index (χ2v) is 6.33. The van der Waals surface area contributed by atoms with Gasteiger partial charge in [0.1, 0.15) is 4.90 Å². The number of rotatable bonds is 3. The molecule has 106 valence electrons. The van der Waals surface area contributed by atoms with E-state index in [1.54, 1.807) is 7.05 Å². The zero-order valence-electron chi connectivity index (χ0n) is 11.0. The van der Waals surface area contributed by atoms with E-state index < -0.39 is 10.0 Å². The van der Waals surface area contributed by atoms with Crippen LogP contribution in [-0.4, -0.2) is 55.5 Å². The summed E-state index contributed by atoms with van der Waals surface area (Å²) < 4.78 is 31.8. The normalized spacial score (nSPS) is 21.9. The molecule has 0 aromatic carbocycles. The van der Waals surface area contributed by atoms with E-state index in [4.69, 9.17) is 4.74 Å². The van der Waals surface area contributed by atoms with Crippen LogP contribution in [0.15, 0.2) is 17.3 Å². The monoisotopic (exact) mass is 286 g/mol. The lowest BCUT2D eigenvalue weighted by Crippen LogP contribution is -2.36. The van der Waals surface area contributed by atoms with Gasteiger partial charge in [0.05, 0.1) is 18.5 Å². The fraction of sp³-hybridized carbons (Fsp3) is 0.636. The molecule has 2 heterocycles. The topological polar surface area (TPSA) is 84.4 Å². The molecule has 19 heavy (non-hydrogen) atoms. The summed E-state index contributed by atoms with van der Waals surface area (Å²) in [5, 5.41) is 2.75. The molecule has 0 saturated carbocycles. The molecule has 8 heteroatoms. The molecule has 1 atom stereocenters. The quantitative estimate of drug-likeness (QED) is 0.861. The molecule has 0 spiro atoms. The maximum atomic E-state index is 12.5. The van der Waals surface area contributed by atoms with Crippen LogP contribution in [-0.2, 0) is 14.8 Å². The Morgan fingerprint density at radius 2 is 2.11 bits per heavy atom. The predicted molar refractivity (Wildman–Crippen MR) is 70.4 cm³/mol. The first-order valence-electron chi connectivity index (χ1n) is 6.15. The van der Waals surface area contributed by atoms with Crippen LogP contribution in [0.25, 0.3) is 0 Å². The predicted octanol–water partition coefficient (Wildman–Crippen LogP) is 0.318. The summed E-state index contributed by atoms with van der Waals surface area (Å²) in [5.41, 5.74) is 0. The van der Waals surface area contributed by atoms with E-state index in [0.29, 0.717) is 32.1 Å². The first-order valence-corrected chi connectivity index (χ1v) is 7.59. The van der Waals surface area contributed by atoms with E-state index in [1.807, 2.05) is 6.92 Å². The highest BCUT2D eigenvalue weighted by molar-refractivity contribution is 7.89. The van der Waals surface area contributed by atoms with Gasteiger partial charge in [-0.05, 0) is 13.3 Å². The molecule has 1 aliphatic rings. The van der Waals surface area contributed by atoms with E-state index in [9.17, 15) is 8.42 Å². The highest BCUT2D eigenvalue weighted by Gasteiger charge is 2.28. The Morgan fingerprint density at radius 1 is 1.42 bits per heavy atom. The van der Waals surface area contributed by atoms with Crippen LogP contribution in [0.4, 0.5) is 5.95 Å². The van der Waals surface area contributed by atoms with Crippen molar-refractivity contribution in [3.8, 4) is 0 Å². The number of aromatic nitrogens is 2. The second-order valence-electron chi connectivity index (χ2n) is 4.39. The van der Waals surface area contributed by atoms with Crippen molar-refractivity contribution in [3.05, 3.63) is 12.4 Å². The third-order valence-electron chi connectivity index (χ3n) is 2.90. The van der Waals surface area contributed by atoms with Crippen LogP contribution >= 0.6 is 0 Å². The van der Waals surface area contributed by atoms with Crippen molar-refractivity contribution in [2.75, 3.05) is 32.1 Å². The van der Waals surface area contributed by atoms with Gasteiger partial charge in [0, 0.05) is 26.7 Å². The lowest BCUT2D eigenvalue weighted by Gasteiger charge is -2.21. The summed E-state index contributed by atoms with van der Waals surface area (Å²) in [6.07, 6.45) is 3.24. The molecule has 1 N–H and O–H groups in total. The fourth-order valence-corrected chi connectivity index (χ4v) is 3.35. The van der Waals surface area contributed by atoms with Gasteiger partial charge in [0.25, 0.3) is 0 Å².